The summed E-state index contributed by atoms with van der Waals surface area (Å²) in [5, 5.41) is 2.37. The zero-order chi connectivity index (χ0) is 17.2. The van der Waals surface area contributed by atoms with Crippen molar-refractivity contribution < 1.29 is 13.5 Å². The van der Waals surface area contributed by atoms with E-state index < -0.39 is 11.6 Å². The van der Waals surface area contributed by atoms with Crippen molar-refractivity contribution in [1.82, 2.24) is 0 Å². The molecule has 1 aliphatic heterocycles. The van der Waals surface area contributed by atoms with E-state index in [0.717, 1.165) is 12.0 Å². The first-order valence-corrected chi connectivity index (χ1v) is 8.33. The maximum atomic E-state index is 14.0. The van der Waals surface area contributed by atoms with Crippen molar-refractivity contribution in [1.29, 1.82) is 0 Å². The lowest BCUT2D eigenvalue weighted by molar-refractivity contribution is 0.258. The molecule has 0 radical (unpaired) electrons. The molecule has 1 unspecified atom stereocenters. The Bertz CT molecular complexity index is 931. The molecule has 3 aromatic rings. The number of rotatable bonds is 3. The van der Waals surface area contributed by atoms with Crippen molar-refractivity contribution in [2.45, 2.75) is 18.9 Å². The number of fused-ring (bicyclic) bond motifs is 1. The molecule has 1 heterocycles. The second-order valence-electron chi connectivity index (χ2n) is 6.21. The summed E-state index contributed by atoms with van der Waals surface area (Å²) in [5.74, 6) is -1.23. The first-order chi connectivity index (χ1) is 12.2. The normalized spacial score (nSPS) is 17.2. The second kappa shape index (κ2) is 6.63. The van der Waals surface area contributed by atoms with Gasteiger partial charge in [-0.3, -0.25) is 0 Å². The molecule has 2 nitrogen and oxygen atoms in total. The lowest BCUT2D eigenvalue weighted by Gasteiger charge is -2.22. The highest BCUT2D eigenvalue weighted by Crippen LogP contribution is 2.22. The quantitative estimate of drug-likeness (QED) is 0.666. The van der Waals surface area contributed by atoms with Gasteiger partial charge in [-0.2, -0.15) is 0 Å². The molecule has 4 rings (SSSR count). The average molecular weight is 337 g/mol. The molecule has 0 saturated heterocycles. The maximum absolute atomic E-state index is 14.0. The Morgan fingerprint density at radius 1 is 0.920 bits per heavy atom. The number of hydrogen-bond donors (Lipinski definition) is 0. The maximum Gasteiger partial charge on any atom is 0.222 e. The Labute approximate surface area is 144 Å². The monoisotopic (exact) mass is 337 g/mol. The van der Waals surface area contributed by atoms with E-state index in [1.165, 1.54) is 29.0 Å². The summed E-state index contributed by atoms with van der Waals surface area (Å²) in [4.78, 5) is 4.46. The minimum Gasteiger partial charge on any atom is -0.477 e. The molecular weight excluding hydrogens is 320 g/mol. The molecule has 25 heavy (non-hydrogen) atoms. The zero-order valence-corrected chi connectivity index (χ0v) is 13.6. The predicted octanol–water partition coefficient (Wildman–Crippen LogP) is 4.90. The highest BCUT2D eigenvalue weighted by Gasteiger charge is 2.23. The van der Waals surface area contributed by atoms with Gasteiger partial charge in [0.2, 0.25) is 5.90 Å². The fraction of sp³-hybridized carbons (Fsp3) is 0.190. The second-order valence-corrected chi connectivity index (χ2v) is 6.21. The van der Waals surface area contributed by atoms with Gasteiger partial charge in [0, 0.05) is 6.42 Å². The molecule has 4 heteroatoms. The smallest absolute Gasteiger partial charge is 0.222 e. The number of aliphatic imine (C=N–C) groups is 1. The van der Waals surface area contributed by atoms with Crippen LogP contribution in [0.4, 0.5) is 8.78 Å². The van der Waals surface area contributed by atoms with Gasteiger partial charge in [0.15, 0.2) is 0 Å². The van der Waals surface area contributed by atoms with Gasteiger partial charge >= 0.3 is 0 Å². The van der Waals surface area contributed by atoms with E-state index in [-0.39, 0.29) is 17.5 Å². The Hall–Kier alpha value is -2.75. The molecule has 0 saturated carbocycles. The Morgan fingerprint density at radius 2 is 1.68 bits per heavy atom. The predicted molar refractivity (Wildman–Crippen MR) is 94.9 cm³/mol. The Kier molecular flexibility index (Phi) is 4.18. The van der Waals surface area contributed by atoms with Gasteiger partial charge in [-0.15, -0.1) is 0 Å². The van der Waals surface area contributed by atoms with Crippen LogP contribution in [0, 0.1) is 11.6 Å². The van der Waals surface area contributed by atoms with E-state index in [9.17, 15) is 8.78 Å². The lowest BCUT2D eigenvalue weighted by atomic mass is 10.00. The van der Waals surface area contributed by atoms with E-state index in [1.54, 1.807) is 0 Å². The van der Waals surface area contributed by atoms with Crippen LogP contribution in [0.1, 0.15) is 17.5 Å². The number of ether oxygens (including phenoxy) is 1. The van der Waals surface area contributed by atoms with Gasteiger partial charge < -0.3 is 4.74 Å². The third-order valence-corrected chi connectivity index (χ3v) is 4.45. The lowest BCUT2D eigenvalue weighted by Crippen LogP contribution is -2.25. The molecule has 0 fully saturated rings. The van der Waals surface area contributed by atoms with Gasteiger partial charge in [0.25, 0.3) is 0 Å². The van der Waals surface area contributed by atoms with Crippen molar-refractivity contribution in [3.8, 4) is 0 Å². The van der Waals surface area contributed by atoms with Gasteiger partial charge in [0.1, 0.15) is 17.2 Å². The van der Waals surface area contributed by atoms with Gasteiger partial charge in [-0.25, -0.2) is 13.8 Å². The third kappa shape index (κ3) is 3.25. The summed E-state index contributed by atoms with van der Waals surface area (Å²) in [5.41, 5.74) is 0.980. The molecule has 3 aromatic carbocycles. The van der Waals surface area contributed by atoms with E-state index in [2.05, 4.69) is 35.3 Å². The van der Waals surface area contributed by atoms with Crippen molar-refractivity contribution in [3.05, 3.63) is 83.4 Å². The van der Waals surface area contributed by atoms with Gasteiger partial charge in [-0.05, 0) is 34.9 Å². The van der Waals surface area contributed by atoms with Crippen LogP contribution < -0.4 is 0 Å². The van der Waals surface area contributed by atoms with Crippen LogP contribution in [-0.2, 0) is 11.2 Å². The summed E-state index contributed by atoms with van der Waals surface area (Å²) in [6.45, 7) is 0.408. The van der Waals surface area contributed by atoms with Crippen molar-refractivity contribution >= 4 is 16.7 Å². The molecule has 0 bridgehead atoms. The third-order valence-electron chi connectivity index (χ3n) is 4.45. The summed E-state index contributed by atoms with van der Waals surface area (Å²) in [6, 6.07) is 18.2. The van der Waals surface area contributed by atoms with Crippen LogP contribution in [0.15, 0.2) is 65.7 Å². The van der Waals surface area contributed by atoms with Crippen LogP contribution in [0.5, 0.6) is 0 Å². The molecular formula is C21H17F2NO. The minimum atomic E-state index is -0.648. The van der Waals surface area contributed by atoms with Crippen LogP contribution in [0.25, 0.3) is 10.8 Å². The fourth-order valence-corrected chi connectivity index (χ4v) is 3.18. The van der Waals surface area contributed by atoms with Crippen molar-refractivity contribution in [3.63, 3.8) is 0 Å². The molecule has 0 aliphatic carbocycles. The molecule has 0 aromatic heterocycles. The SMILES string of the molecule is Fc1cccc(F)c1C1=NC(Cc2ccc3ccccc3c2)CCO1. The first kappa shape index (κ1) is 15.8. The Morgan fingerprint density at radius 3 is 2.48 bits per heavy atom. The topological polar surface area (TPSA) is 21.6 Å². The highest BCUT2D eigenvalue weighted by atomic mass is 19.1. The molecule has 0 N–H and O–H groups in total. The van der Waals surface area contributed by atoms with Gasteiger partial charge in [0.05, 0.1) is 12.6 Å². The highest BCUT2D eigenvalue weighted by molar-refractivity contribution is 5.95. The van der Waals surface area contributed by atoms with Crippen LogP contribution in [0.2, 0.25) is 0 Å². The van der Waals surface area contributed by atoms with Crippen molar-refractivity contribution in [2.75, 3.05) is 6.61 Å². The summed E-state index contributed by atoms with van der Waals surface area (Å²) in [7, 11) is 0. The molecule has 0 amide bonds. The minimum absolute atomic E-state index is 0.0519. The molecule has 0 spiro atoms. The van der Waals surface area contributed by atoms with Crippen LogP contribution in [0.3, 0.4) is 0 Å². The van der Waals surface area contributed by atoms with E-state index in [1.807, 2.05) is 12.1 Å². The standard InChI is InChI=1S/C21H17F2NO/c22-18-6-3-7-19(23)20(18)21-24-17(10-11-25-21)13-14-8-9-15-4-1-2-5-16(15)12-14/h1-9,12,17H,10-11,13H2. The van der Waals surface area contributed by atoms with E-state index in [0.29, 0.717) is 13.0 Å². The molecule has 1 aliphatic rings. The number of nitrogens with zero attached hydrogens (tertiary/aromatic N) is 1. The molecule has 1 atom stereocenters. The summed E-state index contributed by atoms with van der Waals surface area (Å²) < 4.78 is 33.4. The average Bonchev–Trinajstić information content (AvgIpc) is 2.62. The largest absolute Gasteiger partial charge is 0.477 e. The Balaban J connectivity index is 1.61. The summed E-state index contributed by atoms with van der Waals surface area (Å²) in [6.07, 6.45) is 1.44. The summed E-state index contributed by atoms with van der Waals surface area (Å²) >= 11 is 0. The number of hydrogen-bond acceptors (Lipinski definition) is 2. The fourth-order valence-electron chi connectivity index (χ4n) is 3.18. The van der Waals surface area contributed by atoms with E-state index in [4.69, 9.17) is 4.74 Å². The van der Waals surface area contributed by atoms with Gasteiger partial charge in [-0.1, -0.05) is 48.5 Å². The first-order valence-electron chi connectivity index (χ1n) is 8.33. The van der Waals surface area contributed by atoms with Crippen LogP contribution in [-0.4, -0.2) is 18.5 Å². The zero-order valence-electron chi connectivity index (χ0n) is 13.6. The number of benzene rings is 3. The number of halogens is 2. The van der Waals surface area contributed by atoms with Crippen molar-refractivity contribution in [2.24, 2.45) is 4.99 Å². The molecule has 126 valence electrons. The van der Waals surface area contributed by atoms with E-state index >= 15 is 0 Å². The van der Waals surface area contributed by atoms with Crippen LogP contribution >= 0.6 is 0 Å².